The maximum absolute atomic E-state index is 13.2. The van der Waals surface area contributed by atoms with Gasteiger partial charge < -0.3 is 9.42 Å². The van der Waals surface area contributed by atoms with Crippen molar-refractivity contribution >= 4 is 17.7 Å². The molecule has 1 fully saturated rings. The van der Waals surface area contributed by atoms with E-state index < -0.39 is 0 Å². The molecular formula is C18H21N3O2S. The minimum Gasteiger partial charge on any atom is -0.339 e. The number of hydrogen-bond acceptors (Lipinski definition) is 5. The van der Waals surface area contributed by atoms with Crippen LogP contribution in [0.25, 0.3) is 0 Å². The first-order chi connectivity index (χ1) is 11.6. The molecule has 4 rings (SSSR count). The van der Waals surface area contributed by atoms with E-state index in [4.69, 9.17) is 4.52 Å². The van der Waals surface area contributed by atoms with Gasteiger partial charge in [0.25, 0.3) is 0 Å². The standard InChI is InChI=1S/C18H21N3O2S/c1-11(2)17-19-16(20-23-17)14-7-5-9-21(14)18(22)13-10-24-15-8-4-3-6-12(13)15/h3-4,6,8,11,13-14H,5,7,9-10H2,1-2H3/t13-,14-/m0/s1. The summed E-state index contributed by atoms with van der Waals surface area (Å²) in [6.45, 7) is 4.83. The Bertz CT molecular complexity index is 758. The van der Waals surface area contributed by atoms with Crippen LogP contribution in [-0.4, -0.2) is 33.2 Å². The van der Waals surface area contributed by atoms with E-state index >= 15 is 0 Å². The monoisotopic (exact) mass is 343 g/mol. The minimum absolute atomic E-state index is 0.0495. The summed E-state index contributed by atoms with van der Waals surface area (Å²) in [5.41, 5.74) is 1.16. The number of amides is 1. The van der Waals surface area contributed by atoms with Gasteiger partial charge in [-0.25, -0.2) is 0 Å². The summed E-state index contributed by atoms with van der Waals surface area (Å²) in [7, 11) is 0. The van der Waals surface area contributed by atoms with Crippen molar-refractivity contribution in [2.24, 2.45) is 0 Å². The zero-order valence-corrected chi connectivity index (χ0v) is 14.8. The van der Waals surface area contributed by atoms with E-state index in [1.54, 1.807) is 11.8 Å². The molecule has 1 saturated heterocycles. The number of carbonyl (C=O) groups excluding carboxylic acids is 1. The summed E-state index contributed by atoms with van der Waals surface area (Å²) in [4.78, 5) is 20.9. The maximum Gasteiger partial charge on any atom is 0.231 e. The lowest BCUT2D eigenvalue weighted by molar-refractivity contribution is -0.133. The lowest BCUT2D eigenvalue weighted by Crippen LogP contribution is -2.35. The van der Waals surface area contributed by atoms with Gasteiger partial charge in [-0.3, -0.25) is 4.79 Å². The highest BCUT2D eigenvalue weighted by atomic mass is 32.2. The van der Waals surface area contributed by atoms with Crippen LogP contribution in [0, 0.1) is 0 Å². The fourth-order valence-corrected chi connectivity index (χ4v) is 4.70. The third kappa shape index (κ3) is 2.62. The molecule has 0 N–H and O–H groups in total. The van der Waals surface area contributed by atoms with Gasteiger partial charge in [-0.05, 0) is 24.5 Å². The van der Waals surface area contributed by atoms with Crippen LogP contribution >= 0.6 is 11.8 Å². The van der Waals surface area contributed by atoms with Gasteiger partial charge in [0, 0.05) is 23.1 Å². The number of hydrogen-bond donors (Lipinski definition) is 0. The highest BCUT2D eigenvalue weighted by Gasteiger charge is 2.39. The Morgan fingerprint density at radius 2 is 2.21 bits per heavy atom. The first-order valence-corrected chi connectivity index (χ1v) is 9.49. The zero-order valence-electron chi connectivity index (χ0n) is 13.9. The van der Waals surface area contributed by atoms with Gasteiger partial charge in [0.2, 0.25) is 11.8 Å². The van der Waals surface area contributed by atoms with Crippen molar-refractivity contribution in [3.63, 3.8) is 0 Å². The average molecular weight is 343 g/mol. The van der Waals surface area contributed by atoms with Gasteiger partial charge in [-0.1, -0.05) is 37.2 Å². The average Bonchev–Trinajstić information content (AvgIpc) is 3.31. The Morgan fingerprint density at radius 1 is 1.38 bits per heavy atom. The number of likely N-dealkylation sites (tertiary alicyclic amines) is 1. The maximum atomic E-state index is 13.2. The molecule has 0 unspecified atom stereocenters. The van der Waals surface area contributed by atoms with E-state index in [9.17, 15) is 4.79 Å². The van der Waals surface area contributed by atoms with Crippen LogP contribution in [0.2, 0.25) is 0 Å². The van der Waals surface area contributed by atoms with E-state index in [0.717, 1.165) is 30.7 Å². The summed E-state index contributed by atoms with van der Waals surface area (Å²) in [6, 6.07) is 8.17. The molecule has 1 amide bonds. The molecule has 1 aromatic carbocycles. The molecule has 24 heavy (non-hydrogen) atoms. The molecule has 5 nitrogen and oxygen atoms in total. The fraction of sp³-hybridized carbons (Fsp3) is 0.500. The van der Waals surface area contributed by atoms with Crippen LogP contribution in [0.5, 0.6) is 0 Å². The summed E-state index contributed by atoms with van der Waals surface area (Å²) in [5.74, 6) is 2.48. The van der Waals surface area contributed by atoms with Crippen molar-refractivity contribution in [3.8, 4) is 0 Å². The van der Waals surface area contributed by atoms with Gasteiger partial charge in [-0.15, -0.1) is 11.8 Å². The lowest BCUT2D eigenvalue weighted by atomic mass is 9.99. The number of fused-ring (bicyclic) bond motifs is 1. The summed E-state index contributed by atoms with van der Waals surface area (Å²) in [6.07, 6.45) is 1.90. The largest absolute Gasteiger partial charge is 0.339 e. The minimum atomic E-state index is -0.0525. The lowest BCUT2D eigenvalue weighted by Gasteiger charge is -2.25. The van der Waals surface area contributed by atoms with E-state index in [1.807, 2.05) is 30.9 Å². The first-order valence-electron chi connectivity index (χ1n) is 8.51. The molecule has 126 valence electrons. The molecule has 2 atom stereocenters. The Hall–Kier alpha value is -1.82. The number of carbonyl (C=O) groups is 1. The number of aromatic nitrogens is 2. The van der Waals surface area contributed by atoms with Crippen molar-refractivity contribution in [1.29, 1.82) is 0 Å². The molecule has 1 aromatic heterocycles. The molecule has 3 heterocycles. The fourth-order valence-electron chi connectivity index (χ4n) is 3.48. The number of nitrogens with zero attached hydrogens (tertiary/aromatic N) is 3. The number of thioether (sulfide) groups is 1. The molecule has 0 aliphatic carbocycles. The molecular weight excluding hydrogens is 322 g/mol. The summed E-state index contributed by atoms with van der Waals surface area (Å²) < 4.78 is 5.35. The van der Waals surface area contributed by atoms with Crippen LogP contribution in [0.15, 0.2) is 33.7 Å². The van der Waals surface area contributed by atoms with Crippen LogP contribution in [0.4, 0.5) is 0 Å². The van der Waals surface area contributed by atoms with Crippen LogP contribution < -0.4 is 0 Å². The summed E-state index contributed by atoms with van der Waals surface area (Å²) >= 11 is 1.77. The van der Waals surface area contributed by atoms with Gasteiger partial charge >= 0.3 is 0 Å². The quantitative estimate of drug-likeness (QED) is 0.849. The Morgan fingerprint density at radius 3 is 3.00 bits per heavy atom. The number of rotatable bonds is 3. The third-order valence-corrected chi connectivity index (χ3v) is 5.97. The van der Waals surface area contributed by atoms with E-state index in [0.29, 0.717) is 11.7 Å². The Balaban J connectivity index is 1.57. The second-order valence-corrected chi connectivity index (χ2v) is 7.80. The van der Waals surface area contributed by atoms with Crippen LogP contribution in [-0.2, 0) is 4.79 Å². The highest BCUT2D eigenvalue weighted by molar-refractivity contribution is 7.99. The second kappa shape index (κ2) is 6.24. The number of benzene rings is 1. The van der Waals surface area contributed by atoms with Gasteiger partial charge in [0.1, 0.15) is 0 Å². The SMILES string of the molecule is CC(C)c1nc([C@@H]2CCCN2C(=O)[C@H]2CSc3ccccc32)no1. The smallest absolute Gasteiger partial charge is 0.231 e. The molecule has 6 heteroatoms. The molecule has 2 aliphatic heterocycles. The Kier molecular flexibility index (Phi) is 4.08. The summed E-state index contributed by atoms with van der Waals surface area (Å²) in [5, 5.41) is 4.14. The van der Waals surface area contributed by atoms with Crippen molar-refractivity contribution in [2.45, 2.75) is 49.5 Å². The molecule has 0 spiro atoms. The molecule has 0 bridgehead atoms. The van der Waals surface area contributed by atoms with Gasteiger partial charge in [0.05, 0.1) is 12.0 Å². The normalized spacial score (nSPS) is 23.0. The van der Waals surface area contributed by atoms with Crippen molar-refractivity contribution in [1.82, 2.24) is 15.0 Å². The second-order valence-electron chi connectivity index (χ2n) is 6.74. The third-order valence-electron chi connectivity index (χ3n) is 4.78. The highest BCUT2D eigenvalue weighted by Crippen LogP contribution is 2.42. The van der Waals surface area contributed by atoms with Gasteiger partial charge in [0.15, 0.2) is 5.82 Å². The predicted octanol–water partition coefficient (Wildman–Crippen LogP) is 3.75. The first kappa shape index (κ1) is 15.7. The Labute approximate surface area is 145 Å². The van der Waals surface area contributed by atoms with E-state index in [2.05, 4.69) is 22.3 Å². The molecule has 2 aromatic rings. The van der Waals surface area contributed by atoms with Crippen LogP contribution in [0.1, 0.15) is 61.8 Å². The van der Waals surface area contributed by atoms with Crippen molar-refractivity contribution in [2.75, 3.05) is 12.3 Å². The molecule has 0 radical (unpaired) electrons. The van der Waals surface area contributed by atoms with E-state index in [1.165, 1.54) is 4.90 Å². The van der Waals surface area contributed by atoms with E-state index in [-0.39, 0.29) is 23.8 Å². The van der Waals surface area contributed by atoms with Crippen LogP contribution in [0.3, 0.4) is 0 Å². The molecule has 2 aliphatic rings. The van der Waals surface area contributed by atoms with Crippen molar-refractivity contribution < 1.29 is 9.32 Å². The topological polar surface area (TPSA) is 59.2 Å². The molecule has 0 saturated carbocycles. The predicted molar refractivity (Wildman–Crippen MR) is 92.0 cm³/mol. The van der Waals surface area contributed by atoms with Crippen molar-refractivity contribution in [3.05, 3.63) is 41.5 Å². The zero-order chi connectivity index (χ0) is 16.7. The van der Waals surface area contributed by atoms with Gasteiger partial charge in [-0.2, -0.15) is 4.98 Å².